The third kappa shape index (κ3) is 6.71. The summed E-state index contributed by atoms with van der Waals surface area (Å²) in [5.41, 5.74) is 2.70. The molecule has 0 aliphatic carbocycles. The summed E-state index contributed by atoms with van der Waals surface area (Å²) >= 11 is 0. The molecule has 0 unspecified atom stereocenters. The first kappa shape index (κ1) is 25.1. The number of amides is 1. The molecule has 0 bridgehead atoms. The summed E-state index contributed by atoms with van der Waals surface area (Å²) in [6, 6.07) is 13.1. The van der Waals surface area contributed by atoms with Crippen LogP contribution in [0.4, 0.5) is 0 Å². The molecule has 1 amide bonds. The Kier molecular flexibility index (Phi) is 8.37. The van der Waals surface area contributed by atoms with Gasteiger partial charge in [0.05, 0.1) is 19.0 Å². The molecule has 0 radical (unpaired) electrons. The number of methoxy groups -OCH3 is 1. The molecule has 1 heterocycles. The van der Waals surface area contributed by atoms with Gasteiger partial charge >= 0.3 is 0 Å². The van der Waals surface area contributed by atoms with Crippen molar-refractivity contribution < 1.29 is 22.7 Å². The predicted octanol–water partition coefficient (Wildman–Crippen LogP) is 3.65. The van der Waals surface area contributed by atoms with Crippen molar-refractivity contribution in [2.75, 3.05) is 20.2 Å². The van der Waals surface area contributed by atoms with E-state index >= 15 is 0 Å². The standard InChI is InChI=1S/C25H34N2O5S/c1-18(2)32-23-10-9-20(15-24(23)31-4)16-26-25(28)21-11-13-27(14-12-21)33(29,30)17-22-8-6-5-7-19(22)3/h5-10,15,18,21H,11-14,16-17H2,1-4H3,(H,26,28). The van der Waals surface area contributed by atoms with E-state index in [9.17, 15) is 13.2 Å². The van der Waals surface area contributed by atoms with Gasteiger partial charge in [-0.3, -0.25) is 4.79 Å². The Morgan fingerprint density at radius 2 is 1.82 bits per heavy atom. The Morgan fingerprint density at radius 1 is 1.12 bits per heavy atom. The Bertz CT molecular complexity index is 1060. The topological polar surface area (TPSA) is 84.9 Å². The largest absolute Gasteiger partial charge is 0.493 e. The Labute approximate surface area is 197 Å². The molecule has 2 aromatic rings. The highest BCUT2D eigenvalue weighted by molar-refractivity contribution is 7.88. The second-order valence-corrected chi connectivity index (χ2v) is 10.7. The minimum Gasteiger partial charge on any atom is -0.493 e. The molecule has 1 N–H and O–H groups in total. The first-order chi connectivity index (χ1) is 15.7. The summed E-state index contributed by atoms with van der Waals surface area (Å²) in [6.07, 6.45) is 1.07. The first-order valence-electron chi connectivity index (χ1n) is 11.3. The van der Waals surface area contributed by atoms with Crippen molar-refractivity contribution >= 4 is 15.9 Å². The maximum absolute atomic E-state index is 12.9. The summed E-state index contributed by atoms with van der Waals surface area (Å²) in [6.45, 7) is 6.92. The molecular formula is C25H34N2O5S. The summed E-state index contributed by atoms with van der Waals surface area (Å²) < 4.78 is 38.4. The highest BCUT2D eigenvalue weighted by Gasteiger charge is 2.31. The number of rotatable bonds is 9. The summed E-state index contributed by atoms with van der Waals surface area (Å²) in [7, 11) is -1.82. The number of hydrogen-bond acceptors (Lipinski definition) is 5. The molecule has 7 nitrogen and oxygen atoms in total. The van der Waals surface area contributed by atoms with Gasteiger partial charge in [-0.1, -0.05) is 30.3 Å². The van der Waals surface area contributed by atoms with Crippen LogP contribution < -0.4 is 14.8 Å². The smallest absolute Gasteiger partial charge is 0.223 e. The van der Waals surface area contributed by atoms with Crippen LogP contribution in [-0.2, 0) is 27.1 Å². The van der Waals surface area contributed by atoms with E-state index in [1.54, 1.807) is 7.11 Å². The van der Waals surface area contributed by atoms with E-state index in [0.29, 0.717) is 44.0 Å². The van der Waals surface area contributed by atoms with E-state index in [0.717, 1.165) is 16.7 Å². The fourth-order valence-corrected chi connectivity index (χ4v) is 5.63. The normalized spacial score (nSPS) is 15.4. The van der Waals surface area contributed by atoms with Crippen molar-refractivity contribution in [3.63, 3.8) is 0 Å². The molecular weight excluding hydrogens is 440 g/mol. The van der Waals surface area contributed by atoms with Gasteiger partial charge in [0.2, 0.25) is 15.9 Å². The number of ether oxygens (including phenoxy) is 2. The fraction of sp³-hybridized carbons (Fsp3) is 0.480. The van der Waals surface area contributed by atoms with Gasteiger partial charge in [-0.25, -0.2) is 12.7 Å². The molecule has 33 heavy (non-hydrogen) atoms. The Hall–Kier alpha value is -2.58. The minimum atomic E-state index is -3.41. The Morgan fingerprint density at radius 3 is 2.45 bits per heavy atom. The van der Waals surface area contributed by atoms with E-state index in [1.807, 2.05) is 63.2 Å². The fourth-order valence-electron chi connectivity index (χ4n) is 3.96. The van der Waals surface area contributed by atoms with Crippen molar-refractivity contribution in [1.82, 2.24) is 9.62 Å². The van der Waals surface area contributed by atoms with E-state index in [1.165, 1.54) is 4.31 Å². The second-order valence-electron chi connectivity index (χ2n) is 8.73. The lowest BCUT2D eigenvalue weighted by Gasteiger charge is -2.30. The number of sulfonamides is 1. The third-order valence-electron chi connectivity index (χ3n) is 5.87. The van der Waals surface area contributed by atoms with E-state index in [-0.39, 0.29) is 23.7 Å². The third-order valence-corrected chi connectivity index (χ3v) is 7.70. The lowest BCUT2D eigenvalue weighted by molar-refractivity contribution is -0.126. The van der Waals surface area contributed by atoms with Gasteiger partial charge in [-0.15, -0.1) is 0 Å². The lowest BCUT2D eigenvalue weighted by Crippen LogP contribution is -2.43. The zero-order valence-electron chi connectivity index (χ0n) is 19.8. The van der Waals surface area contributed by atoms with Crippen molar-refractivity contribution in [2.24, 2.45) is 5.92 Å². The summed E-state index contributed by atoms with van der Waals surface area (Å²) in [5.74, 6) is 1.05. The predicted molar refractivity (Wildman–Crippen MR) is 129 cm³/mol. The van der Waals surface area contributed by atoms with Gasteiger partial charge < -0.3 is 14.8 Å². The lowest BCUT2D eigenvalue weighted by atomic mass is 9.97. The van der Waals surface area contributed by atoms with Crippen LogP contribution in [0.3, 0.4) is 0 Å². The SMILES string of the molecule is COc1cc(CNC(=O)C2CCN(S(=O)(=O)Cc3ccccc3C)CC2)ccc1OC(C)C. The van der Waals surface area contributed by atoms with Gasteiger partial charge in [0.25, 0.3) is 0 Å². The molecule has 0 aromatic heterocycles. The number of hydrogen-bond donors (Lipinski definition) is 1. The van der Waals surface area contributed by atoms with Crippen LogP contribution in [0, 0.1) is 12.8 Å². The van der Waals surface area contributed by atoms with E-state index in [4.69, 9.17) is 9.47 Å². The quantitative estimate of drug-likeness (QED) is 0.600. The minimum absolute atomic E-state index is 0.00507. The molecule has 1 fully saturated rings. The van der Waals surface area contributed by atoms with Crippen LogP contribution in [-0.4, -0.2) is 44.9 Å². The molecule has 0 saturated carbocycles. The number of nitrogens with one attached hydrogen (secondary N) is 1. The number of piperidine rings is 1. The zero-order valence-corrected chi connectivity index (χ0v) is 20.7. The monoisotopic (exact) mass is 474 g/mol. The summed E-state index contributed by atoms with van der Waals surface area (Å²) in [4.78, 5) is 12.7. The van der Waals surface area contributed by atoms with Crippen molar-refractivity contribution in [3.05, 3.63) is 59.2 Å². The zero-order chi connectivity index (χ0) is 24.0. The van der Waals surface area contributed by atoms with Crippen LogP contribution in [0.15, 0.2) is 42.5 Å². The molecule has 2 aromatic carbocycles. The molecule has 8 heteroatoms. The van der Waals surface area contributed by atoms with Crippen LogP contribution in [0.5, 0.6) is 11.5 Å². The molecule has 180 valence electrons. The highest BCUT2D eigenvalue weighted by Crippen LogP contribution is 2.29. The van der Waals surface area contributed by atoms with Crippen molar-refractivity contribution in [1.29, 1.82) is 0 Å². The van der Waals surface area contributed by atoms with Gasteiger partial charge in [0.1, 0.15) is 0 Å². The molecule has 0 spiro atoms. The Balaban J connectivity index is 1.52. The number of carbonyl (C=O) groups is 1. The van der Waals surface area contributed by atoms with E-state index in [2.05, 4.69) is 5.32 Å². The van der Waals surface area contributed by atoms with Gasteiger partial charge in [-0.05, 0) is 62.4 Å². The van der Waals surface area contributed by atoms with E-state index < -0.39 is 10.0 Å². The first-order valence-corrected chi connectivity index (χ1v) is 12.9. The average Bonchev–Trinajstić information content (AvgIpc) is 2.79. The molecule has 0 atom stereocenters. The number of nitrogens with zero attached hydrogens (tertiary/aromatic N) is 1. The number of benzene rings is 2. The molecule has 1 saturated heterocycles. The van der Waals surface area contributed by atoms with Crippen LogP contribution in [0.1, 0.15) is 43.4 Å². The second kappa shape index (κ2) is 11.0. The number of aryl methyl sites for hydroxylation is 1. The molecule has 1 aliphatic rings. The maximum atomic E-state index is 12.9. The van der Waals surface area contributed by atoms with Gasteiger partial charge in [-0.2, -0.15) is 0 Å². The van der Waals surface area contributed by atoms with Crippen LogP contribution in [0.25, 0.3) is 0 Å². The van der Waals surface area contributed by atoms with Crippen LogP contribution in [0.2, 0.25) is 0 Å². The molecule has 1 aliphatic heterocycles. The maximum Gasteiger partial charge on any atom is 0.223 e. The van der Waals surface area contributed by atoms with Crippen molar-refractivity contribution in [2.45, 2.75) is 52.0 Å². The molecule has 3 rings (SSSR count). The highest BCUT2D eigenvalue weighted by atomic mass is 32.2. The van der Waals surface area contributed by atoms with Crippen LogP contribution >= 0.6 is 0 Å². The summed E-state index contributed by atoms with van der Waals surface area (Å²) in [5, 5.41) is 2.98. The average molecular weight is 475 g/mol. The van der Waals surface area contributed by atoms with Crippen molar-refractivity contribution in [3.8, 4) is 11.5 Å². The van der Waals surface area contributed by atoms with Gasteiger partial charge in [0, 0.05) is 25.6 Å². The van der Waals surface area contributed by atoms with Gasteiger partial charge in [0.15, 0.2) is 11.5 Å². The number of carbonyl (C=O) groups excluding carboxylic acids is 1.